The van der Waals surface area contributed by atoms with Gasteiger partial charge in [0.15, 0.2) is 0 Å². The Kier molecular flexibility index (Phi) is 4.85. The molecule has 4 rings (SSSR count). The molecule has 0 bridgehead atoms. The lowest BCUT2D eigenvalue weighted by Gasteiger charge is -2.31. The molecule has 29 heavy (non-hydrogen) atoms. The van der Waals surface area contributed by atoms with Crippen LogP contribution >= 0.6 is 0 Å². The maximum Gasteiger partial charge on any atom is 0.418 e. The molecule has 1 fully saturated rings. The van der Waals surface area contributed by atoms with Gasteiger partial charge < -0.3 is 20.3 Å². The van der Waals surface area contributed by atoms with Gasteiger partial charge in [-0.05, 0) is 36.7 Å². The van der Waals surface area contributed by atoms with Gasteiger partial charge in [0, 0.05) is 37.4 Å². The zero-order valence-corrected chi connectivity index (χ0v) is 16.0. The number of benzene rings is 1. The summed E-state index contributed by atoms with van der Waals surface area (Å²) in [5, 5.41) is 6.25. The van der Waals surface area contributed by atoms with Gasteiger partial charge in [-0.15, -0.1) is 0 Å². The van der Waals surface area contributed by atoms with Gasteiger partial charge in [-0.1, -0.05) is 0 Å². The van der Waals surface area contributed by atoms with Crippen LogP contribution in [0.15, 0.2) is 30.6 Å². The number of ether oxygens (including phenoxy) is 1. The van der Waals surface area contributed by atoms with Gasteiger partial charge in [-0.2, -0.15) is 13.2 Å². The number of aromatic nitrogens is 1. The van der Waals surface area contributed by atoms with E-state index in [1.54, 1.807) is 18.0 Å². The molecule has 0 unspecified atom stereocenters. The fourth-order valence-electron chi connectivity index (χ4n) is 4.32. The zero-order chi connectivity index (χ0) is 20.8. The third-order valence-corrected chi connectivity index (χ3v) is 5.59. The van der Waals surface area contributed by atoms with Crippen molar-refractivity contribution in [1.29, 1.82) is 0 Å². The number of likely N-dealkylation sites (N-methyl/N-ethyl adjacent to an activating group) is 1. The molecule has 0 radical (unpaired) electrons. The summed E-state index contributed by atoms with van der Waals surface area (Å²) in [4.78, 5) is 17.4. The Morgan fingerprint density at radius 1 is 1.28 bits per heavy atom. The summed E-state index contributed by atoms with van der Waals surface area (Å²) in [5.74, 6) is -0.574. The molecule has 1 aromatic carbocycles. The lowest BCUT2D eigenvalue weighted by molar-refractivity contribution is -0.137. The van der Waals surface area contributed by atoms with Crippen molar-refractivity contribution < 1.29 is 22.7 Å². The number of carbonyl (C=O) groups is 1. The molecule has 2 aliphatic heterocycles. The molecule has 9 heteroatoms. The summed E-state index contributed by atoms with van der Waals surface area (Å²) in [5.41, 5.74) is 1.20. The van der Waals surface area contributed by atoms with E-state index in [0.29, 0.717) is 23.5 Å². The maximum absolute atomic E-state index is 13.9. The van der Waals surface area contributed by atoms with Gasteiger partial charge in [-0.3, -0.25) is 4.98 Å². The van der Waals surface area contributed by atoms with Crippen LogP contribution in [0.2, 0.25) is 0 Å². The van der Waals surface area contributed by atoms with Crippen LogP contribution in [0.25, 0.3) is 0 Å². The molecular weight excluding hydrogens is 385 g/mol. The molecule has 2 aliphatic rings. The number of alkyl halides is 3. The summed E-state index contributed by atoms with van der Waals surface area (Å²) in [6.07, 6.45) is -0.901. The van der Waals surface area contributed by atoms with E-state index in [0.717, 1.165) is 19.0 Å². The fourth-order valence-corrected chi connectivity index (χ4v) is 4.32. The Hall–Kier alpha value is -2.81. The minimum atomic E-state index is -4.48. The van der Waals surface area contributed by atoms with E-state index in [-0.39, 0.29) is 23.2 Å². The van der Waals surface area contributed by atoms with Crippen molar-refractivity contribution in [1.82, 2.24) is 10.3 Å². The average molecular weight is 406 g/mol. The van der Waals surface area contributed by atoms with Crippen molar-refractivity contribution in [3.63, 3.8) is 0 Å². The van der Waals surface area contributed by atoms with Crippen LogP contribution in [-0.4, -0.2) is 44.2 Å². The summed E-state index contributed by atoms with van der Waals surface area (Å²) in [6, 6.07) is 4.43. The first-order valence-corrected chi connectivity index (χ1v) is 9.28. The number of hydrogen-bond acceptors (Lipinski definition) is 6. The van der Waals surface area contributed by atoms with Gasteiger partial charge in [-0.25, -0.2) is 4.79 Å². The van der Waals surface area contributed by atoms with Crippen LogP contribution in [0.1, 0.15) is 33.8 Å². The van der Waals surface area contributed by atoms with E-state index in [4.69, 9.17) is 0 Å². The van der Waals surface area contributed by atoms with Crippen LogP contribution in [0.3, 0.4) is 0 Å². The van der Waals surface area contributed by atoms with E-state index in [9.17, 15) is 18.0 Å². The monoisotopic (exact) mass is 406 g/mol. The Bertz CT molecular complexity index is 948. The fraction of sp³-hybridized carbons (Fsp3) is 0.400. The highest BCUT2D eigenvalue weighted by Crippen LogP contribution is 2.50. The van der Waals surface area contributed by atoms with Gasteiger partial charge in [0.2, 0.25) is 0 Å². The smallest absolute Gasteiger partial charge is 0.418 e. The molecule has 2 aromatic rings. The number of anilines is 3. The first kappa shape index (κ1) is 19.5. The molecule has 0 amide bonds. The lowest BCUT2D eigenvalue weighted by Crippen LogP contribution is -2.42. The minimum absolute atomic E-state index is 0.00821. The van der Waals surface area contributed by atoms with Crippen LogP contribution < -0.4 is 15.5 Å². The number of carbonyl (C=O) groups excluding carboxylic acids is 1. The SMILES string of the molecule is COC(=O)c1cncc(Nc2cc3c(c(C(F)(F)F)c2)N(C)[C@H]2CCNC[C@@H]32)c1. The quantitative estimate of drug-likeness (QED) is 0.761. The normalized spacial score (nSPS) is 20.8. The highest BCUT2D eigenvalue weighted by atomic mass is 19.4. The molecule has 0 spiro atoms. The van der Waals surface area contributed by atoms with Crippen LogP contribution in [0, 0.1) is 0 Å². The largest absolute Gasteiger partial charge is 0.465 e. The number of pyridine rings is 1. The number of fused-ring (bicyclic) bond motifs is 3. The minimum Gasteiger partial charge on any atom is -0.465 e. The first-order valence-electron chi connectivity index (χ1n) is 9.28. The second-order valence-corrected chi connectivity index (χ2v) is 7.32. The zero-order valence-electron chi connectivity index (χ0n) is 16.0. The van der Waals surface area contributed by atoms with Crippen LogP contribution in [0.5, 0.6) is 0 Å². The summed E-state index contributed by atoms with van der Waals surface area (Å²) >= 11 is 0. The van der Waals surface area contributed by atoms with E-state index < -0.39 is 17.7 Å². The van der Waals surface area contributed by atoms with Crippen molar-refractivity contribution >= 4 is 23.0 Å². The number of nitrogens with zero attached hydrogens (tertiary/aromatic N) is 2. The molecular formula is C20H21F3N4O2. The maximum atomic E-state index is 13.9. The van der Waals surface area contributed by atoms with Crippen LogP contribution in [-0.2, 0) is 10.9 Å². The number of rotatable bonds is 3. The number of methoxy groups -OCH3 is 1. The number of nitrogens with one attached hydrogen (secondary N) is 2. The second kappa shape index (κ2) is 7.22. The van der Waals surface area contributed by atoms with E-state index >= 15 is 0 Å². The number of esters is 1. The van der Waals surface area contributed by atoms with Gasteiger partial charge in [0.1, 0.15) is 0 Å². The molecule has 3 heterocycles. The van der Waals surface area contributed by atoms with Crippen molar-refractivity contribution in [2.24, 2.45) is 0 Å². The molecule has 154 valence electrons. The Balaban J connectivity index is 1.76. The molecule has 6 nitrogen and oxygen atoms in total. The Morgan fingerprint density at radius 3 is 2.79 bits per heavy atom. The van der Waals surface area contributed by atoms with E-state index in [1.807, 2.05) is 0 Å². The van der Waals surface area contributed by atoms with Crippen molar-refractivity contribution in [3.05, 3.63) is 47.3 Å². The summed E-state index contributed by atoms with van der Waals surface area (Å²) in [7, 11) is 2.99. The van der Waals surface area contributed by atoms with Crippen molar-refractivity contribution in [2.75, 3.05) is 37.5 Å². The second-order valence-electron chi connectivity index (χ2n) is 7.32. The molecule has 1 aromatic heterocycles. The standard InChI is InChI=1S/C20H21F3N4O2/c1-27-17-3-4-24-10-15(17)14-6-12(7-16(18(14)27)20(21,22)23)26-13-5-11(8-25-9-13)19(28)29-2/h5-9,15,17,24,26H,3-4,10H2,1-2H3/t15-,17-/m0/s1. The number of halogens is 3. The van der Waals surface area contributed by atoms with Crippen molar-refractivity contribution in [2.45, 2.75) is 24.6 Å². The third kappa shape index (κ3) is 3.50. The molecule has 0 saturated carbocycles. The predicted molar refractivity (Wildman–Crippen MR) is 103 cm³/mol. The molecule has 0 aliphatic carbocycles. The Morgan fingerprint density at radius 2 is 2.07 bits per heavy atom. The summed E-state index contributed by atoms with van der Waals surface area (Å²) in [6.45, 7) is 1.43. The Labute approximate surface area is 166 Å². The molecule has 2 atom stereocenters. The van der Waals surface area contributed by atoms with Gasteiger partial charge in [0.25, 0.3) is 0 Å². The van der Waals surface area contributed by atoms with Crippen molar-refractivity contribution in [3.8, 4) is 0 Å². The third-order valence-electron chi connectivity index (χ3n) is 5.59. The predicted octanol–water partition coefficient (Wildman–Crippen LogP) is 3.53. The van der Waals surface area contributed by atoms with E-state index in [1.165, 1.54) is 25.6 Å². The first-order chi connectivity index (χ1) is 13.8. The number of piperidine rings is 1. The topological polar surface area (TPSA) is 66.5 Å². The molecule has 2 N–H and O–H groups in total. The average Bonchev–Trinajstić information content (AvgIpc) is 2.99. The van der Waals surface area contributed by atoms with E-state index in [2.05, 4.69) is 20.4 Å². The van der Waals surface area contributed by atoms with Crippen LogP contribution in [0.4, 0.5) is 30.2 Å². The van der Waals surface area contributed by atoms with Gasteiger partial charge in [0.05, 0.1) is 35.8 Å². The number of hydrogen-bond donors (Lipinski definition) is 2. The molecule has 1 saturated heterocycles. The highest BCUT2D eigenvalue weighted by Gasteiger charge is 2.45. The van der Waals surface area contributed by atoms with Gasteiger partial charge >= 0.3 is 12.1 Å². The highest BCUT2D eigenvalue weighted by molar-refractivity contribution is 5.90. The lowest BCUT2D eigenvalue weighted by atomic mass is 9.89. The summed E-state index contributed by atoms with van der Waals surface area (Å²) < 4.78 is 46.3.